The summed E-state index contributed by atoms with van der Waals surface area (Å²) in [7, 11) is 0. The molecule has 0 radical (unpaired) electrons. The van der Waals surface area contributed by atoms with E-state index in [9.17, 15) is 0 Å². The van der Waals surface area contributed by atoms with Gasteiger partial charge in [-0.05, 0) is 24.3 Å². The molecular formula is C34H34N4O6. The average Bonchev–Trinajstić information content (AvgIpc) is 3.01. The Kier molecular flexibility index (Phi) is 10.5. The van der Waals surface area contributed by atoms with Crippen molar-refractivity contribution in [1.82, 2.24) is 0 Å². The Labute approximate surface area is 254 Å². The van der Waals surface area contributed by atoms with E-state index >= 15 is 0 Å². The van der Waals surface area contributed by atoms with Gasteiger partial charge in [0.25, 0.3) is 0 Å². The first-order valence-electron chi connectivity index (χ1n) is 14.6. The van der Waals surface area contributed by atoms with Crippen LogP contribution in [0.2, 0.25) is 0 Å². The summed E-state index contributed by atoms with van der Waals surface area (Å²) in [6, 6.07) is 36.0. The zero-order chi connectivity index (χ0) is 31.6. The second-order valence-electron chi connectivity index (χ2n) is 10.3. The van der Waals surface area contributed by atoms with Crippen molar-refractivity contribution in [3.8, 4) is 11.1 Å². The van der Waals surface area contributed by atoms with E-state index in [1.807, 2.05) is 0 Å². The Bertz CT molecular complexity index is 1680. The van der Waals surface area contributed by atoms with Gasteiger partial charge in [0.15, 0.2) is 0 Å². The minimum atomic E-state index is -1.75. The number of para-hydroxylation sites is 4. The average molecular weight is 595 g/mol. The molecule has 6 rings (SSSR count). The molecule has 44 heavy (non-hydrogen) atoms. The van der Waals surface area contributed by atoms with Gasteiger partial charge in [-0.1, -0.05) is 75.2 Å². The summed E-state index contributed by atoms with van der Waals surface area (Å²) in [6.45, 7) is 6.61. The van der Waals surface area contributed by atoms with Crippen LogP contribution in [0.15, 0.2) is 97.1 Å². The molecule has 0 N–H and O–H groups in total. The number of fused-ring (bicyclic) bond motifs is 4. The highest BCUT2D eigenvalue weighted by atomic mass is 16.9. The molecule has 0 aliphatic rings. The summed E-state index contributed by atoms with van der Waals surface area (Å²) in [5.74, 6) is 0. The van der Waals surface area contributed by atoms with Crippen molar-refractivity contribution in [2.24, 2.45) is 0 Å². The third-order valence-corrected chi connectivity index (χ3v) is 7.58. The molecule has 0 aliphatic carbocycles. The van der Waals surface area contributed by atoms with E-state index in [1.54, 1.807) is 0 Å². The van der Waals surface area contributed by atoms with Gasteiger partial charge in [-0.25, -0.2) is 0 Å². The molecule has 2 heterocycles. The summed E-state index contributed by atoms with van der Waals surface area (Å²) in [4.78, 5) is 16.5. The number of unbranched alkanes of at least 4 members (excludes halogenated alkanes) is 2. The molecule has 4 aromatic carbocycles. The third-order valence-electron chi connectivity index (χ3n) is 7.58. The highest BCUT2D eigenvalue weighted by Gasteiger charge is 2.26. The summed E-state index contributed by atoms with van der Waals surface area (Å²) in [5, 5.41) is 34.8. The van der Waals surface area contributed by atoms with Crippen LogP contribution >= 0.6 is 0 Å². The van der Waals surface area contributed by atoms with E-state index in [-0.39, 0.29) is 0 Å². The van der Waals surface area contributed by atoms with Crippen molar-refractivity contribution in [1.29, 1.82) is 0 Å². The lowest BCUT2D eigenvalue weighted by molar-refractivity contribution is -0.646. The fourth-order valence-electron chi connectivity index (χ4n) is 5.88. The van der Waals surface area contributed by atoms with Crippen molar-refractivity contribution in [3.05, 3.63) is 128 Å². The number of hydrogen-bond donors (Lipinski definition) is 0. The molecule has 0 aliphatic heterocycles. The van der Waals surface area contributed by atoms with Crippen LogP contribution in [0.4, 0.5) is 0 Å². The Morgan fingerprint density at radius 2 is 0.705 bits per heavy atom. The zero-order valence-electron chi connectivity index (χ0n) is 24.7. The van der Waals surface area contributed by atoms with E-state index in [4.69, 9.17) is 30.6 Å². The lowest BCUT2D eigenvalue weighted by Gasteiger charge is -2.16. The van der Waals surface area contributed by atoms with Crippen LogP contribution in [0.25, 0.3) is 54.7 Å². The number of hydrogen-bond acceptors (Lipinski definition) is 6. The molecule has 0 spiro atoms. The monoisotopic (exact) mass is 594 g/mol. The van der Waals surface area contributed by atoms with E-state index in [1.165, 1.54) is 80.4 Å². The van der Waals surface area contributed by atoms with Crippen LogP contribution in [-0.2, 0) is 13.1 Å². The van der Waals surface area contributed by atoms with Gasteiger partial charge in [-0.15, -0.1) is 0 Å². The lowest BCUT2D eigenvalue weighted by atomic mass is 9.90. The maximum Gasteiger partial charge on any atom is 0.213 e. The molecule has 0 amide bonds. The first kappa shape index (κ1) is 31.6. The van der Waals surface area contributed by atoms with Crippen LogP contribution in [-0.4, -0.2) is 10.2 Å². The van der Waals surface area contributed by atoms with Gasteiger partial charge in [-0.3, -0.25) is 0 Å². The number of aromatic nitrogens is 2. The van der Waals surface area contributed by atoms with E-state index in [0.717, 1.165) is 13.1 Å². The molecule has 6 aromatic rings. The maximum absolute atomic E-state index is 8.25. The Hall–Kier alpha value is -5.38. The van der Waals surface area contributed by atoms with Gasteiger partial charge in [-0.2, -0.15) is 9.13 Å². The third kappa shape index (κ3) is 6.81. The fourth-order valence-corrected chi connectivity index (χ4v) is 5.88. The molecule has 10 heteroatoms. The van der Waals surface area contributed by atoms with Crippen LogP contribution in [0, 0.1) is 30.6 Å². The van der Waals surface area contributed by atoms with Gasteiger partial charge in [0, 0.05) is 48.2 Å². The highest BCUT2D eigenvalue weighted by Crippen LogP contribution is 2.41. The topological polar surface area (TPSA) is 140 Å². The van der Waals surface area contributed by atoms with Crippen LogP contribution < -0.4 is 9.13 Å². The molecular weight excluding hydrogens is 560 g/mol. The van der Waals surface area contributed by atoms with Crippen molar-refractivity contribution < 1.29 is 19.3 Å². The molecule has 0 bridgehead atoms. The molecule has 0 fully saturated rings. The van der Waals surface area contributed by atoms with Crippen LogP contribution in [0.1, 0.15) is 39.5 Å². The first-order valence-corrected chi connectivity index (χ1v) is 14.6. The van der Waals surface area contributed by atoms with Gasteiger partial charge in [0.1, 0.15) is 13.1 Å². The maximum atomic E-state index is 8.25. The SMILES string of the molecule is CCCC[n+]1c2ccccc2c(-c2c3ccccc3[n+](CCCC)c3ccccc23)c2ccccc21.O=[N+]([O-])[O-].O=[N+]([O-])[O-]. The van der Waals surface area contributed by atoms with Crippen LogP contribution in [0.3, 0.4) is 0 Å². The number of rotatable bonds is 7. The largest absolute Gasteiger partial charge is 0.356 e. The van der Waals surface area contributed by atoms with Crippen molar-refractivity contribution in [2.45, 2.75) is 52.6 Å². The van der Waals surface area contributed by atoms with Crippen molar-refractivity contribution in [3.63, 3.8) is 0 Å². The zero-order valence-corrected chi connectivity index (χ0v) is 24.7. The molecule has 0 saturated heterocycles. The number of aryl methyl sites for hydroxylation is 2. The van der Waals surface area contributed by atoms with Crippen molar-refractivity contribution >= 4 is 43.6 Å². The minimum absolute atomic E-state index is 1.03. The second kappa shape index (κ2) is 14.7. The summed E-state index contributed by atoms with van der Waals surface area (Å²) < 4.78 is 5.07. The fraction of sp³-hybridized carbons (Fsp3) is 0.235. The number of benzene rings is 4. The second-order valence-corrected chi connectivity index (χ2v) is 10.3. The van der Waals surface area contributed by atoms with Gasteiger partial charge in [0.2, 0.25) is 22.1 Å². The molecule has 226 valence electrons. The molecule has 0 saturated carbocycles. The smallest absolute Gasteiger partial charge is 0.213 e. The molecule has 0 unspecified atom stereocenters. The number of nitrogens with zero attached hydrogens (tertiary/aromatic N) is 4. The highest BCUT2D eigenvalue weighted by molar-refractivity contribution is 6.18. The van der Waals surface area contributed by atoms with Gasteiger partial charge >= 0.3 is 0 Å². The van der Waals surface area contributed by atoms with Crippen LogP contribution in [0.5, 0.6) is 0 Å². The van der Waals surface area contributed by atoms with Gasteiger partial charge < -0.3 is 30.6 Å². The predicted molar refractivity (Wildman–Crippen MR) is 173 cm³/mol. The Morgan fingerprint density at radius 1 is 0.477 bits per heavy atom. The summed E-state index contributed by atoms with van der Waals surface area (Å²) in [5.41, 5.74) is 7.96. The summed E-state index contributed by atoms with van der Waals surface area (Å²) in [6.07, 6.45) is 4.71. The normalized spacial score (nSPS) is 10.7. The van der Waals surface area contributed by atoms with E-state index in [0.29, 0.717) is 0 Å². The minimum Gasteiger partial charge on any atom is -0.356 e. The molecule has 0 atom stereocenters. The number of pyridine rings is 2. The summed E-state index contributed by atoms with van der Waals surface area (Å²) >= 11 is 0. The predicted octanol–water partition coefficient (Wildman–Crippen LogP) is 7.66. The first-order chi connectivity index (χ1) is 21.3. The lowest BCUT2D eigenvalue weighted by Crippen LogP contribution is -2.36. The molecule has 10 nitrogen and oxygen atoms in total. The van der Waals surface area contributed by atoms with E-state index < -0.39 is 10.2 Å². The Balaban J connectivity index is 0.000000496. The standard InChI is InChI=1S/C34H34N2.2NO3/c1-3-5-23-35-29-19-11-7-15-25(29)33(26-16-8-12-20-30(26)35)34-27-17-9-13-21-31(27)36(24-6-4-2)32-22-14-10-18-28(32)34;2*2-1(3)4/h7-22H,3-6,23-24H2,1-2H3;;/q+2;2*-1. The van der Waals surface area contributed by atoms with Crippen molar-refractivity contribution in [2.75, 3.05) is 0 Å². The van der Waals surface area contributed by atoms with Gasteiger partial charge in [0.05, 0.1) is 31.7 Å². The Morgan fingerprint density at radius 3 is 0.932 bits per heavy atom. The molecule has 2 aromatic heterocycles. The van der Waals surface area contributed by atoms with E-state index in [2.05, 4.69) is 120 Å². The quantitative estimate of drug-likeness (QED) is 0.0804.